The van der Waals surface area contributed by atoms with Gasteiger partial charge in [-0.3, -0.25) is 14.4 Å². The molecule has 0 bridgehead atoms. The van der Waals surface area contributed by atoms with E-state index in [1.54, 1.807) is 39.8 Å². The number of carbonyl (C=O) groups is 4. The van der Waals surface area contributed by atoms with Gasteiger partial charge in [0.1, 0.15) is 23.4 Å². The van der Waals surface area contributed by atoms with Gasteiger partial charge in [-0.05, 0) is 64.7 Å². The van der Waals surface area contributed by atoms with Crippen molar-refractivity contribution >= 4 is 23.9 Å². The summed E-state index contributed by atoms with van der Waals surface area (Å²) in [5.74, 6) is -1.75. The summed E-state index contributed by atoms with van der Waals surface area (Å²) in [5.41, 5.74) is -0.362. The molecular formula is C28H45N3O7. The second-order valence-corrected chi connectivity index (χ2v) is 10.4. The summed E-state index contributed by atoms with van der Waals surface area (Å²) in [5, 5.41) is 15.6. The van der Waals surface area contributed by atoms with Crippen molar-refractivity contribution in [2.24, 2.45) is 5.92 Å². The van der Waals surface area contributed by atoms with Crippen LogP contribution in [0, 0.1) is 5.92 Å². The number of phenolic OH excluding ortho intramolecular Hbond substituents is 1. The number of ether oxygens (including phenoxy) is 2. The van der Waals surface area contributed by atoms with Gasteiger partial charge in [-0.15, -0.1) is 0 Å². The quantitative estimate of drug-likeness (QED) is 0.324. The van der Waals surface area contributed by atoms with Crippen LogP contribution in [-0.2, 0) is 23.9 Å². The molecule has 1 aromatic carbocycles. The van der Waals surface area contributed by atoms with Gasteiger partial charge in [0.05, 0.1) is 13.0 Å². The van der Waals surface area contributed by atoms with Crippen molar-refractivity contribution in [2.45, 2.75) is 98.4 Å². The Labute approximate surface area is 226 Å². The van der Waals surface area contributed by atoms with Crippen molar-refractivity contribution in [3.63, 3.8) is 0 Å². The number of hydrogen-bond acceptors (Lipinski definition) is 7. The van der Waals surface area contributed by atoms with Crippen LogP contribution in [0.3, 0.4) is 0 Å². The number of alkyl carbamates (subject to hydrolysis) is 1. The summed E-state index contributed by atoms with van der Waals surface area (Å²) in [7, 11) is 0. The van der Waals surface area contributed by atoms with E-state index in [0.29, 0.717) is 18.4 Å². The topological polar surface area (TPSA) is 134 Å². The lowest BCUT2D eigenvalue weighted by Gasteiger charge is -2.39. The van der Waals surface area contributed by atoms with Crippen LogP contribution in [0.1, 0.15) is 86.3 Å². The lowest BCUT2D eigenvalue weighted by Crippen LogP contribution is -2.57. The standard InChI is InChI=1S/C28H45N3O7/c1-9-18(4)23(30-27(36)38-28(6,7)8)26(35)31(19(5)10-2)24(20-13-12-14-21(32)17-20)25(34)29-16-15-22(33)37-11-3/h12-14,17-19,23-24,32H,9-11,15-16H2,1-8H3,(H,29,34)(H,30,36). The molecule has 4 atom stereocenters. The maximum atomic E-state index is 14.2. The van der Waals surface area contributed by atoms with Gasteiger partial charge in [0.15, 0.2) is 0 Å². The Morgan fingerprint density at radius 2 is 1.71 bits per heavy atom. The third-order valence-corrected chi connectivity index (χ3v) is 6.12. The molecule has 0 aliphatic rings. The first-order chi connectivity index (χ1) is 17.7. The zero-order valence-corrected chi connectivity index (χ0v) is 24.0. The van der Waals surface area contributed by atoms with Crippen molar-refractivity contribution in [3.05, 3.63) is 29.8 Å². The summed E-state index contributed by atoms with van der Waals surface area (Å²) in [6.07, 6.45) is 0.354. The second kappa shape index (κ2) is 15.2. The minimum absolute atomic E-state index is 0.0144. The summed E-state index contributed by atoms with van der Waals surface area (Å²) >= 11 is 0. The van der Waals surface area contributed by atoms with Gasteiger partial charge in [-0.1, -0.05) is 39.3 Å². The van der Waals surface area contributed by atoms with E-state index < -0.39 is 47.6 Å². The molecule has 3 amide bonds. The van der Waals surface area contributed by atoms with E-state index in [9.17, 15) is 24.3 Å². The van der Waals surface area contributed by atoms with Crippen molar-refractivity contribution < 1.29 is 33.8 Å². The molecular weight excluding hydrogens is 490 g/mol. The molecule has 1 rings (SSSR count). The van der Waals surface area contributed by atoms with Crippen LogP contribution in [0.2, 0.25) is 0 Å². The lowest BCUT2D eigenvalue weighted by atomic mass is 9.94. The molecule has 0 radical (unpaired) electrons. The maximum absolute atomic E-state index is 14.2. The first-order valence-corrected chi connectivity index (χ1v) is 13.3. The van der Waals surface area contributed by atoms with E-state index >= 15 is 0 Å². The molecule has 0 aliphatic carbocycles. The number of carbonyl (C=O) groups excluding carboxylic acids is 4. The van der Waals surface area contributed by atoms with E-state index in [4.69, 9.17) is 9.47 Å². The number of phenols is 1. The molecule has 0 spiro atoms. The van der Waals surface area contributed by atoms with Crippen molar-refractivity contribution in [1.29, 1.82) is 0 Å². The predicted octanol–water partition coefficient (Wildman–Crippen LogP) is 4.07. The van der Waals surface area contributed by atoms with Crippen LogP contribution < -0.4 is 10.6 Å². The Kier molecular flexibility index (Phi) is 13.1. The lowest BCUT2D eigenvalue weighted by molar-refractivity contribution is -0.146. The van der Waals surface area contributed by atoms with E-state index in [2.05, 4.69) is 10.6 Å². The van der Waals surface area contributed by atoms with Crippen molar-refractivity contribution in [1.82, 2.24) is 15.5 Å². The highest BCUT2D eigenvalue weighted by Gasteiger charge is 2.40. The summed E-state index contributed by atoms with van der Waals surface area (Å²) in [4.78, 5) is 53.6. The highest BCUT2D eigenvalue weighted by atomic mass is 16.6. The van der Waals surface area contributed by atoms with Crippen LogP contribution in [-0.4, -0.2) is 64.7 Å². The molecule has 10 nitrogen and oxygen atoms in total. The number of benzene rings is 1. The molecule has 1 aromatic rings. The monoisotopic (exact) mass is 535 g/mol. The summed E-state index contributed by atoms with van der Waals surface area (Å²) < 4.78 is 10.3. The molecule has 10 heteroatoms. The van der Waals surface area contributed by atoms with Gasteiger partial charge >= 0.3 is 12.1 Å². The molecule has 4 unspecified atom stereocenters. The first kappa shape index (κ1) is 32.7. The van der Waals surface area contributed by atoms with Crippen molar-refractivity contribution in [2.75, 3.05) is 13.2 Å². The minimum Gasteiger partial charge on any atom is -0.508 e. The number of amides is 3. The third kappa shape index (κ3) is 10.2. The number of esters is 1. The maximum Gasteiger partial charge on any atom is 0.408 e. The minimum atomic E-state index is -1.13. The fourth-order valence-electron chi connectivity index (χ4n) is 3.82. The highest BCUT2D eigenvalue weighted by Crippen LogP contribution is 2.29. The van der Waals surface area contributed by atoms with Crippen LogP contribution in [0.15, 0.2) is 24.3 Å². The molecule has 0 saturated heterocycles. The third-order valence-electron chi connectivity index (χ3n) is 6.12. The normalized spacial score (nSPS) is 14.4. The molecule has 3 N–H and O–H groups in total. The Morgan fingerprint density at radius 1 is 1.05 bits per heavy atom. The SMILES string of the molecule is CCOC(=O)CCNC(=O)C(c1cccc(O)c1)N(C(=O)C(NC(=O)OC(C)(C)C)C(C)CC)C(C)CC. The zero-order valence-electron chi connectivity index (χ0n) is 24.0. The molecule has 0 aliphatic heterocycles. The smallest absolute Gasteiger partial charge is 0.408 e. The Morgan fingerprint density at radius 3 is 2.24 bits per heavy atom. The van der Waals surface area contributed by atoms with Crippen LogP contribution >= 0.6 is 0 Å². The van der Waals surface area contributed by atoms with Crippen LogP contribution in [0.5, 0.6) is 5.75 Å². The summed E-state index contributed by atoms with van der Waals surface area (Å²) in [6, 6.07) is 3.65. The van der Waals surface area contributed by atoms with E-state index in [0.717, 1.165) is 0 Å². The van der Waals surface area contributed by atoms with E-state index in [1.165, 1.54) is 17.0 Å². The zero-order chi connectivity index (χ0) is 29.0. The van der Waals surface area contributed by atoms with Gasteiger partial charge in [-0.25, -0.2) is 4.79 Å². The van der Waals surface area contributed by atoms with Crippen LogP contribution in [0.25, 0.3) is 0 Å². The predicted molar refractivity (Wildman–Crippen MR) is 144 cm³/mol. The van der Waals surface area contributed by atoms with E-state index in [-0.39, 0.29) is 31.2 Å². The number of rotatable bonds is 13. The number of hydrogen-bond donors (Lipinski definition) is 3. The molecule has 0 saturated carbocycles. The van der Waals surface area contributed by atoms with Crippen LogP contribution in [0.4, 0.5) is 4.79 Å². The second-order valence-electron chi connectivity index (χ2n) is 10.4. The molecule has 0 fully saturated rings. The Bertz CT molecular complexity index is 945. The molecule has 214 valence electrons. The molecule has 0 heterocycles. The van der Waals surface area contributed by atoms with Gasteiger partial charge in [0.25, 0.3) is 0 Å². The van der Waals surface area contributed by atoms with E-state index in [1.807, 2.05) is 27.7 Å². The van der Waals surface area contributed by atoms with Gasteiger partial charge in [0, 0.05) is 12.6 Å². The average molecular weight is 536 g/mol. The fraction of sp³-hybridized carbons (Fsp3) is 0.643. The fourth-order valence-corrected chi connectivity index (χ4v) is 3.82. The molecule has 0 aromatic heterocycles. The summed E-state index contributed by atoms with van der Waals surface area (Å²) in [6.45, 7) is 14.6. The van der Waals surface area contributed by atoms with Gasteiger partial charge in [0.2, 0.25) is 11.8 Å². The number of nitrogens with zero attached hydrogens (tertiary/aromatic N) is 1. The average Bonchev–Trinajstić information content (AvgIpc) is 2.83. The van der Waals surface area contributed by atoms with Gasteiger partial charge in [-0.2, -0.15) is 0 Å². The molecule has 38 heavy (non-hydrogen) atoms. The largest absolute Gasteiger partial charge is 0.508 e. The van der Waals surface area contributed by atoms with Crippen molar-refractivity contribution in [3.8, 4) is 5.75 Å². The number of aromatic hydroxyl groups is 1. The Balaban J connectivity index is 3.47. The first-order valence-electron chi connectivity index (χ1n) is 13.3. The highest BCUT2D eigenvalue weighted by molar-refractivity contribution is 5.92. The number of nitrogens with one attached hydrogen (secondary N) is 2. The Hall–Kier alpha value is -3.30. The van der Waals surface area contributed by atoms with Gasteiger partial charge < -0.3 is 30.1 Å².